The topological polar surface area (TPSA) is 102 Å². The second-order valence-corrected chi connectivity index (χ2v) is 4.80. The molecule has 0 aliphatic carbocycles. The number of aryl methyl sites for hydroxylation is 1. The highest BCUT2D eigenvalue weighted by Gasteiger charge is 2.09. The number of carbonyl (C=O) groups excluding carboxylic acids is 1. The van der Waals surface area contributed by atoms with E-state index in [0.29, 0.717) is 11.3 Å². The van der Waals surface area contributed by atoms with Gasteiger partial charge in [0.2, 0.25) is 10.0 Å². The molecule has 0 saturated carbocycles. The second kappa shape index (κ2) is 4.45. The van der Waals surface area contributed by atoms with E-state index in [-0.39, 0.29) is 18.2 Å². The van der Waals surface area contributed by atoms with Crippen molar-refractivity contribution in [3.63, 3.8) is 0 Å². The molecule has 1 heterocycles. The lowest BCUT2D eigenvalue weighted by molar-refractivity contribution is 0.0955. The van der Waals surface area contributed by atoms with Crippen molar-refractivity contribution < 1.29 is 17.6 Å². The SMILES string of the molecule is Cc1cc(C(=O)NCCS(N)(=O)=O)co1. The molecule has 84 valence electrons. The van der Waals surface area contributed by atoms with Crippen molar-refractivity contribution in [1.82, 2.24) is 5.32 Å². The molecule has 0 atom stereocenters. The van der Waals surface area contributed by atoms with Crippen molar-refractivity contribution in [1.29, 1.82) is 0 Å². The molecule has 1 rings (SSSR count). The van der Waals surface area contributed by atoms with E-state index in [1.54, 1.807) is 13.0 Å². The van der Waals surface area contributed by atoms with Gasteiger partial charge in [-0.25, -0.2) is 13.6 Å². The Bertz CT molecular complexity index is 449. The van der Waals surface area contributed by atoms with E-state index < -0.39 is 10.0 Å². The molecule has 0 saturated heterocycles. The van der Waals surface area contributed by atoms with Crippen LogP contribution in [0.5, 0.6) is 0 Å². The number of amides is 1. The minimum absolute atomic E-state index is 0.0120. The van der Waals surface area contributed by atoms with Crippen LogP contribution in [0.1, 0.15) is 16.1 Å². The monoisotopic (exact) mass is 232 g/mol. The number of nitrogens with two attached hydrogens (primary N) is 1. The third kappa shape index (κ3) is 4.13. The molecule has 0 fully saturated rings. The van der Waals surface area contributed by atoms with E-state index in [4.69, 9.17) is 9.56 Å². The third-order valence-electron chi connectivity index (χ3n) is 1.66. The zero-order valence-electron chi connectivity index (χ0n) is 8.19. The van der Waals surface area contributed by atoms with Gasteiger partial charge >= 0.3 is 0 Å². The first-order chi connectivity index (χ1) is 6.88. The van der Waals surface area contributed by atoms with E-state index in [9.17, 15) is 13.2 Å². The van der Waals surface area contributed by atoms with Crippen molar-refractivity contribution in [2.24, 2.45) is 5.14 Å². The van der Waals surface area contributed by atoms with Crippen LogP contribution in [-0.4, -0.2) is 26.6 Å². The Hall–Kier alpha value is -1.34. The fourth-order valence-corrected chi connectivity index (χ4v) is 1.36. The minimum Gasteiger partial charge on any atom is -0.469 e. The van der Waals surface area contributed by atoms with Gasteiger partial charge in [0.05, 0.1) is 11.3 Å². The number of rotatable bonds is 4. The molecule has 3 N–H and O–H groups in total. The molecule has 0 radical (unpaired) electrons. The summed E-state index contributed by atoms with van der Waals surface area (Å²) in [6.07, 6.45) is 1.31. The summed E-state index contributed by atoms with van der Waals surface area (Å²) in [4.78, 5) is 11.3. The summed E-state index contributed by atoms with van der Waals surface area (Å²) in [5, 5.41) is 7.18. The van der Waals surface area contributed by atoms with Crippen molar-refractivity contribution in [2.45, 2.75) is 6.92 Å². The number of primary sulfonamides is 1. The largest absolute Gasteiger partial charge is 0.469 e. The smallest absolute Gasteiger partial charge is 0.254 e. The Balaban J connectivity index is 2.44. The Morgan fingerprint density at radius 2 is 2.27 bits per heavy atom. The third-order valence-corrected chi connectivity index (χ3v) is 2.44. The van der Waals surface area contributed by atoms with Gasteiger partial charge < -0.3 is 9.73 Å². The van der Waals surface area contributed by atoms with Crippen LogP contribution < -0.4 is 10.5 Å². The van der Waals surface area contributed by atoms with Crippen LogP contribution in [0.15, 0.2) is 16.7 Å². The van der Waals surface area contributed by atoms with E-state index >= 15 is 0 Å². The van der Waals surface area contributed by atoms with Gasteiger partial charge in [0.25, 0.3) is 5.91 Å². The Kier molecular flexibility index (Phi) is 3.48. The van der Waals surface area contributed by atoms with Crippen molar-refractivity contribution in [2.75, 3.05) is 12.3 Å². The highest BCUT2D eigenvalue weighted by molar-refractivity contribution is 7.89. The van der Waals surface area contributed by atoms with Crippen LogP contribution >= 0.6 is 0 Å². The lowest BCUT2D eigenvalue weighted by Crippen LogP contribution is -2.31. The van der Waals surface area contributed by atoms with Gasteiger partial charge in [-0.15, -0.1) is 0 Å². The number of hydrogen-bond donors (Lipinski definition) is 2. The molecule has 6 nitrogen and oxygen atoms in total. The zero-order valence-corrected chi connectivity index (χ0v) is 9.00. The Morgan fingerprint density at radius 1 is 1.60 bits per heavy atom. The standard InChI is InChI=1S/C8H12N2O4S/c1-6-4-7(5-14-6)8(11)10-2-3-15(9,12)13/h4-5H,2-3H2,1H3,(H,10,11)(H2,9,12,13). The molecule has 1 aromatic rings. The molecule has 1 amide bonds. The molecule has 0 aliphatic heterocycles. The predicted molar refractivity (Wildman–Crippen MR) is 53.8 cm³/mol. The van der Waals surface area contributed by atoms with Crippen molar-refractivity contribution in [3.05, 3.63) is 23.7 Å². The zero-order chi connectivity index (χ0) is 11.5. The number of nitrogens with one attached hydrogen (secondary N) is 1. The summed E-state index contributed by atoms with van der Waals surface area (Å²) in [5.74, 6) is -0.0441. The first-order valence-electron chi connectivity index (χ1n) is 4.22. The molecular formula is C8H12N2O4S. The summed E-state index contributed by atoms with van der Waals surface area (Å²) >= 11 is 0. The second-order valence-electron chi connectivity index (χ2n) is 3.07. The van der Waals surface area contributed by atoms with Gasteiger partial charge in [-0.1, -0.05) is 0 Å². The van der Waals surface area contributed by atoms with Gasteiger partial charge in [-0.2, -0.15) is 0 Å². The summed E-state index contributed by atoms with van der Waals surface area (Å²) < 4.78 is 26.1. The molecule has 7 heteroatoms. The molecule has 1 aromatic heterocycles. The molecular weight excluding hydrogens is 220 g/mol. The van der Waals surface area contributed by atoms with E-state index in [1.165, 1.54) is 6.26 Å². The maximum Gasteiger partial charge on any atom is 0.254 e. The molecule has 0 aromatic carbocycles. The van der Waals surface area contributed by atoms with Crippen LogP contribution in [0.4, 0.5) is 0 Å². The average Bonchev–Trinajstić information content (AvgIpc) is 2.49. The summed E-state index contributed by atoms with van der Waals surface area (Å²) in [5.41, 5.74) is 0.363. The first-order valence-corrected chi connectivity index (χ1v) is 5.94. The van der Waals surface area contributed by atoms with Gasteiger partial charge in [-0.05, 0) is 13.0 Å². The number of hydrogen-bond acceptors (Lipinski definition) is 4. The lowest BCUT2D eigenvalue weighted by Gasteiger charge is -2.01. The highest BCUT2D eigenvalue weighted by Crippen LogP contribution is 2.05. The number of sulfonamides is 1. The summed E-state index contributed by atoms with van der Waals surface area (Å²) in [6, 6.07) is 1.56. The normalized spacial score (nSPS) is 11.3. The molecule has 0 bridgehead atoms. The van der Waals surface area contributed by atoms with Gasteiger partial charge in [0, 0.05) is 6.54 Å². The van der Waals surface area contributed by atoms with Crippen LogP contribution in [0.25, 0.3) is 0 Å². The Morgan fingerprint density at radius 3 is 2.73 bits per heavy atom. The fraction of sp³-hybridized carbons (Fsp3) is 0.375. The van der Waals surface area contributed by atoms with Crippen LogP contribution in [0.2, 0.25) is 0 Å². The molecule has 0 aliphatic rings. The maximum absolute atomic E-state index is 11.3. The number of furan rings is 1. The summed E-state index contributed by atoms with van der Waals surface area (Å²) in [6.45, 7) is 1.70. The summed E-state index contributed by atoms with van der Waals surface area (Å²) in [7, 11) is -3.53. The molecule has 0 spiro atoms. The van der Waals surface area contributed by atoms with E-state index in [0.717, 1.165) is 0 Å². The Labute approximate surface area is 87.5 Å². The fourth-order valence-electron chi connectivity index (χ4n) is 0.971. The molecule has 0 unspecified atom stereocenters. The van der Waals surface area contributed by atoms with Gasteiger partial charge in [0.15, 0.2) is 0 Å². The van der Waals surface area contributed by atoms with E-state index in [1.807, 2.05) is 0 Å². The maximum atomic E-state index is 11.3. The van der Waals surface area contributed by atoms with Gasteiger partial charge in [0.1, 0.15) is 12.0 Å². The van der Waals surface area contributed by atoms with Gasteiger partial charge in [-0.3, -0.25) is 4.79 Å². The van der Waals surface area contributed by atoms with E-state index in [2.05, 4.69) is 5.32 Å². The van der Waals surface area contributed by atoms with Crippen molar-refractivity contribution >= 4 is 15.9 Å². The highest BCUT2D eigenvalue weighted by atomic mass is 32.2. The molecule has 15 heavy (non-hydrogen) atoms. The average molecular weight is 232 g/mol. The number of carbonyl (C=O) groups is 1. The lowest BCUT2D eigenvalue weighted by atomic mass is 10.3. The van der Waals surface area contributed by atoms with Crippen LogP contribution in [0.3, 0.4) is 0 Å². The minimum atomic E-state index is -3.53. The van der Waals surface area contributed by atoms with Crippen LogP contribution in [0, 0.1) is 6.92 Å². The van der Waals surface area contributed by atoms with Crippen LogP contribution in [-0.2, 0) is 10.0 Å². The van der Waals surface area contributed by atoms with Crippen molar-refractivity contribution in [3.8, 4) is 0 Å². The quantitative estimate of drug-likeness (QED) is 0.737. The predicted octanol–water partition coefficient (Wildman–Crippen LogP) is -0.394. The first kappa shape index (κ1) is 11.7.